The van der Waals surface area contributed by atoms with Gasteiger partial charge in [-0.1, -0.05) is 15.9 Å². The van der Waals surface area contributed by atoms with Crippen molar-refractivity contribution >= 4 is 21.8 Å². The Morgan fingerprint density at radius 1 is 1.30 bits per heavy atom. The minimum atomic E-state index is 0.0531. The summed E-state index contributed by atoms with van der Waals surface area (Å²) >= 11 is 4.03. The highest BCUT2D eigenvalue weighted by molar-refractivity contribution is 9.10. The maximum absolute atomic E-state index is 12.7. The van der Waals surface area contributed by atoms with E-state index in [1.54, 1.807) is 12.4 Å². The zero-order valence-electron chi connectivity index (χ0n) is 13.7. The summed E-state index contributed by atoms with van der Waals surface area (Å²) in [6, 6.07) is 4.00. The number of pyridine rings is 1. The molecule has 4 aliphatic carbocycles. The van der Waals surface area contributed by atoms with Gasteiger partial charge in [0.15, 0.2) is 0 Å². The smallest absolute Gasteiger partial charge is 0.221 e. The molecule has 4 aliphatic rings. The summed E-state index contributed by atoms with van der Waals surface area (Å²) in [6.45, 7) is 2.05. The molecule has 0 aliphatic heterocycles. The van der Waals surface area contributed by atoms with Gasteiger partial charge in [-0.2, -0.15) is 0 Å². The quantitative estimate of drug-likeness (QED) is 0.791. The number of hydrogen-bond acceptors (Lipinski definition) is 2. The number of nitrogens with zero attached hydrogens (tertiary/aromatic N) is 1. The van der Waals surface area contributed by atoms with Gasteiger partial charge in [0.25, 0.3) is 0 Å². The maximum Gasteiger partial charge on any atom is 0.221 e. The standard InChI is InChI=1S/C19H25BrN2O/c1-13(16-2-4-21-5-3-16)22-17(23)11-18-7-14-6-15(8-18)10-19(20,9-14)12-18/h2-5,13-15H,6-12H2,1H3,(H,22,23). The zero-order valence-corrected chi connectivity index (χ0v) is 15.3. The van der Waals surface area contributed by atoms with Crippen molar-refractivity contribution in [3.63, 3.8) is 0 Å². The van der Waals surface area contributed by atoms with Gasteiger partial charge in [0.05, 0.1) is 6.04 Å². The van der Waals surface area contributed by atoms with E-state index in [9.17, 15) is 4.79 Å². The average molecular weight is 377 g/mol. The van der Waals surface area contributed by atoms with E-state index in [0.717, 1.165) is 17.4 Å². The van der Waals surface area contributed by atoms with Crippen LogP contribution in [0, 0.1) is 17.3 Å². The molecule has 3 unspecified atom stereocenters. The van der Waals surface area contributed by atoms with E-state index in [-0.39, 0.29) is 17.4 Å². The topological polar surface area (TPSA) is 42.0 Å². The molecular formula is C19H25BrN2O. The fourth-order valence-electron chi connectivity index (χ4n) is 5.91. The van der Waals surface area contributed by atoms with Crippen LogP contribution in [-0.2, 0) is 4.79 Å². The van der Waals surface area contributed by atoms with Crippen molar-refractivity contribution in [1.82, 2.24) is 10.3 Å². The summed E-state index contributed by atoms with van der Waals surface area (Å²) in [7, 11) is 0. The molecule has 3 nitrogen and oxygen atoms in total. The molecule has 0 radical (unpaired) electrons. The Bertz CT molecular complexity index is 589. The predicted molar refractivity (Wildman–Crippen MR) is 94.2 cm³/mol. The van der Waals surface area contributed by atoms with E-state index in [4.69, 9.17) is 0 Å². The number of amides is 1. The molecule has 4 bridgehead atoms. The SMILES string of the molecule is CC(NC(=O)CC12CC3CC(CC(Br)(C3)C1)C2)c1ccncc1. The van der Waals surface area contributed by atoms with Crippen molar-refractivity contribution in [2.75, 3.05) is 0 Å². The second-order valence-electron chi connectivity index (χ2n) is 8.36. The minimum absolute atomic E-state index is 0.0531. The van der Waals surface area contributed by atoms with Gasteiger partial charge >= 0.3 is 0 Å². The number of halogens is 1. The third-order valence-electron chi connectivity index (χ3n) is 6.23. The third-order valence-corrected chi connectivity index (χ3v) is 7.16. The first-order valence-corrected chi connectivity index (χ1v) is 9.63. The van der Waals surface area contributed by atoms with Crippen LogP contribution in [0.5, 0.6) is 0 Å². The summed E-state index contributed by atoms with van der Waals surface area (Å²) in [4.78, 5) is 16.7. The highest BCUT2D eigenvalue weighted by atomic mass is 79.9. The van der Waals surface area contributed by atoms with Crippen molar-refractivity contribution in [2.45, 2.75) is 62.2 Å². The third kappa shape index (κ3) is 3.07. The van der Waals surface area contributed by atoms with E-state index in [1.165, 1.54) is 38.5 Å². The second kappa shape index (κ2) is 5.58. The number of aromatic nitrogens is 1. The molecule has 124 valence electrons. The lowest BCUT2D eigenvalue weighted by Gasteiger charge is -2.60. The molecule has 1 aromatic rings. The predicted octanol–water partition coefficient (Wildman–Crippen LogP) is 4.38. The Morgan fingerprint density at radius 3 is 2.57 bits per heavy atom. The molecule has 0 saturated heterocycles. The zero-order chi connectivity index (χ0) is 16.1. The molecule has 1 amide bonds. The molecule has 4 fully saturated rings. The lowest BCUT2D eigenvalue weighted by atomic mass is 9.48. The largest absolute Gasteiger partial charge is 0.350 e. The van der Waals surface area contributed by atoms with Crippen LogP contribution in [0.25, 0.3) is 0 Å². The van der Waals surface area contributed by atoms with Gasteiger partial charge in [-0.15, -0.1) is 0 Å². The van der Waals surface area contributed by atoms with Crippen molar-refractivity contribution < 1.29 is 4.79 Å². The fraction of sp³-hybridized carbons (Fsp3) is 0.684. The van der Waals surface area contributed by atoms with Gasteiger partial charge in [0.2, 0.25) is 5.91 Å². The normalized spacial score (nSPS) is 39.2. The summed E-state index contributed by atoms with van der Waals surface area (Å²) in [5.41, 5.74) is 1.37. The number of alkyl halides is 1. The van der Waals surface area contributed by atoms with Crippen molar-refractivity contribution in [3.05, 3.63) is 30.1 Å². The fourth-order valence-corrected chi connectivity index (χ4v) is 7.42. The van der Waals surface area contributed by atoms with Crippen LogP contribution < -0.4 is 5.32 Å². The molecule has 1 heterocycles. The molecule has 0 aromatic carbocycles. The van der Waals surface area contributed by atoms with Crippen LogP contribution in [-0.4, -0.2) is 15.2 Å². The van der Waals surface area contributed by atoms with E-state index in [1.807, 2.05) is 12.1 Å². The van der Waals surface area contributed by atoms with Gasteiger partial charge < -0.3 is 5.32 Å². The first kappa shape index (κ1) is 15.6. The Kier molecular flexibility index (Phi) is 3.79. The first-order valence-electron chi connectivity index (χ1n) is 8.84. The molecule has 0 spiro atoms. The van der Waals surface area contributed by atoms with E-state index >= 15 is 0 Å². The molecule has 4 saturated carbocycles. The number of carbonyl (C=O) groups is 1. The Balaban J connectivity index is 1.43. The van der Waals surface area contributed by atoms with Crippen LogP contribution in [0.1, 0.15) is 63.5 Å². The molecule has 1 aromatic heterocycles. The number of carbonyl (C=O) groups excluding carboxylic acids is 1. The monoisotopic (exact) mass is 376 g/mol. The number of rotatable bonds is 4. The number of nitrogens with one attached hydrogen (secondary N) is 1. The van der Waals surface area contributed by atoms with E-state index in [2.05, 4.69) is 33.2 Å². The summed E-state index contributed by atoms with van der Waals surface area (Å²) in [6.07, 6.45) is 12.0. The lowest BCUT2D eigenvalue weighted by Crippen LogP contribution is -2.54. The average Bonchev–Trinajstić information content (AvgIpc) is 2.44. The molecule has 3 atom stereocenters. The highest BCUT2D eigenvalue weighted by Crippen LogP contribution is 2.65. The molecule has 4 heteroatoms. The number of hydrogen-bond donors (Lipinski definition) is 1. The first-order chi connectivity index (χ1) is 11.0. The summed E-state index contributed by atoms with van der Waals surface area (Å²) in [5, 5.41) is 3.20. The van der Waals surface area contributed by atoms with Gasteiger partial charge in [0.1, 0.15) is 0 Å². The Hall–Kier alpha value is -0.900. The highest BCUT2D eigenvalue weighted by Gasteiger charge is 2.57. The van der Waals surface area contributed by atoms with Crippen molar-refractivity contribution in [3.8, 4) is 0 Å². The van der Waals surface area contributed by atoms with Crippen molar-refractivity contribution in [2.24, 2.45) is 17.3 Å². The van der Waals surface area contributed by atoms with Crippen LogP contribution in [0.3, 0.4) is 0 Å². The molecule has 1 N–H and O–H groups in total. The van der Waals surface area contributed by atoms with Gasteiger partial charge in [-0.25, -0.2) is 0 Å². The Labute approximate surface area is 146 Å². The maximum atomic E-state index is 12.7. The second-order valence-corrected chi connectivity index (χ2v) is 10.0. The Morgan fingerprint density at radius 2 is 1.96 bits per heavy atom. The molecule has 5 rings (SSSR count). The summed E-state index contributed by atoms with van der Waals surface area (Å²) in [5.74, 6) is 1.88. The van der Waals surface area contributed by atoms with E-state index in [0.29, 0.717) is 10.7 Å². The lowest BCUT2D eigenvalue weighted by molar-refractivity contribution is -0.128. The van der Waals surface area contributed by atoms with Crippen LogP contribution in [0.2, 0.25) is 0 Å². The van der Waals surface area contributed by atoms with E-state index < -0.39 is 0 Å². The minimum Gasteiger partial charge on any atom is -0.350 e. The van der Waals surface area contributed by atoms with Crippen molar-refractivity contribution in [1.29, 1.82) is 0 Å². The van der Waals surface area contributed by atoms with Gasteiger partial charge in [-0.05, 0) is 80.4 Å². The molecule has 23 heavy (non-hydrogen) atoms. The van der Waals surface area contributed by atoms with Crippen LogP contribution in [0.15, 0.2) is 24.5 Å². The molecular weight excluding hydrogens is 352 g/mol. The van der Waals surface area contributed by atoms with Crippen LogP contribution in [0.4, 0.5) is 0 Å². The van der Waals surface area contributed by atoms with Gasteiger partial charge in [-0.3, -0.25) is 9.78 Å². The van der Waals surface area contributed by atoms with Gasteiger partial charge in [0, 0.05) is 23.1 Å². The summed E-state index contributed by atoms with van der Waals surface area (Å²) < 4.78 is 0.327. The van der Waals surface area contributed by atoms with Crippen LogP contribution >= 0.6 is 15.9 Å².